The summed E-state index contributed by atoms with van der Waals surface area (Å²) in [4.78, 5) is 58.3. The number of carbonyl (C=O) groups excluding carboxylic acids is 3. The lowest BCUT2D eigenvalue weighted by Crippen LogP contribution is -2.30. The second kappa shape index (κ2) is 67.4. The Morgan fingerprint density at radius 1 is 0.312 bits per heavy atom. The third-order valence-electron chi connectivity index (χ3n) is 14.0. The number of rotatable bonds is 65. The summed E-state index contributed by atoms with van der Waals surface area (Å²) in [5, 5.41) is 20.6. The topological polar surface area (TPSA) is 231 Å². The van der Waals surface area contributed by atoms with Gasteiger partial charge in [-0.3, -0.25) is 32.5 Å². The lowest BCUT2D eigenvalue weighted by Gasteiger charge is -2.21. The van der Waals surface area contributed by atoms with Crippen LogP contribution in [0.1, 0.15) is 252 Å². The van der Waals surface area contributed by atoms with Crippen molar-refractivity contribution in [2.45, 2.75) is 270 Å². The van der Waals surface area contributed by atoms with Crippen molar-refractivity contribution < 1.29 is 75.8 Å². The van der Waals surface area contributed by atoms with Gasteiger partial charge < -0.3 is 34.2 Å². The first-order chi connectivity index (χ1) is 45.2. The quantitative estimate of drug-likeness (QED) is 0.0146. The number of allylic oxidation sites excluding steroid dienone is 24. The number of hydrogen-bond acceptors (Lipinski definition) is 14. The van der Waals surface area contributed by atoms with Gasteiger partial charge in [0.05, 0.1) is 26.4 Å². The highest BCUT2D eigenvalue weighted by atomic mass is 31.2. The van der Waals surface area contributed by atoms with Crippen molar-refractivity contribution in [1.82, 2.24) is 0 Å². The van der Waals surface area contributed by atoms with Crippen molar-refractivity contribution in [3.8, 4) is 0 Å². The van der Waals surface area contributed by atoms with Gasteiger partial charge in [0.25, 0.3) is 0 Å². The summed E-state index contributed by atoms with van der Waals surface area (Å²) >= 11 is 0. The van der Waals surface area contributed by atoms with Crippen LogP contribution in [0.5, 0.6) is 0 Å². The molecule has 0 radical (unpaired) electrons. The molecule has 0 aromatic carbocycles. The molecule has 0 amide bonds. The van der Waals surface area contributed by atoms with Crippen molar-refractivity contribution in [3.05, 3.63) is 146 Å². The molecule has 0 rings (SSSR count). The zero-order valence-corrected chi connectivity index (χ0v) is 59.2. The number of carbonyl (C=O) groups is 3. The summed E-state index contributed by atoms with van der Waals surface area (Å²) in [6.45, 7) is 2.31. The van der Waals surface area contributed by atoms with E-state index in [-0.39, 0.29) is 19.3 Å². The van der Waals surface area contributed by atoms with E-state index in [9.17, 15) is 43.5 Å². The van der Waals surface area contributed by atoms with Crippen LogP contribution in [0.3, 0.4) is 0 Å². The van der Waals surface area contributed by atoms with Gasteiger partial charge in [0.2, 0.25) is 0 Å². The van der Waals surface area contributed by atoms with Crippen LogP contribution in [0, 0.1) is 0 Å². The van der Waals surface area contributed by atoms with Crippen LogP contribution in [0.25, 0.3) is 0 Å². The molecule has 0 spiro atoms. The Balaban J connectivity index is 4.55. The molecule has 0 heterocycles. The average Bonchev–Trinajstić information content (AvgIpc) is 2.94. The van der Waals surface area contributed by atoms with E-state index in [4.69, 9.17) is 32.3 Å². The van der Waals surface area contributed by atoms with Crippen LogP contribution >= 0.6 is 15.6 Å². The Hall–Kier alpha value is -4.57. The van der Waals surface area contributed by atoms with Gasteiger partial charge in [0.1, 0.15) is 25.4 Å². The molecule has 0 aromatic heterocycles. The molecule has 0 saturated heterocycles. The van der Waals surface area contributed by atoms with E-state index in [0.717, 1.165) is 161 Å². The highest BCUT2D eigenvalue weighted by Crippen LogP contribution is 2.45. The molecule has 530 valence electrons. The van der Waals surface area contributed by atoms with Gasteiger partial charge in [-0.25, -0.2) is 9.13 Å². The fourth-order valence-corrected chi connectivity index (χ4v) is 10.3. The van der Waals surface area contributed by atoms with E-state index in [2.05, 4.69) is 167 Å². The second-order valence-corrected chi connectivity index (χ2v) is 25.8. The Morgan fingerprint density at radius 3 is 0.925 bits per heavy atom. The number of aliphatic hydroxyl groups is 2. The van der Waals surface area contributed by atoms with Crippen molar-refractivity contribution in [1.29, 1.82) is 0 Å². The van der Waals surface area contributed by atoms with E-state index in [0.29, 0.717) is 19.3 Å². The van der Waals surface area contributed by atoms with E-state index in [1.807, 2.05) is 0 Å². The minimum absolute atomic E-state index is 0.0823. The zero-order chi connectivity index (χ0) is 68.1. The Bertz CT molecular complexity index is 2280. The van der Waals surface area contributed by atoms with Crippen LogP contribution in [-0.4, -0.2) is 95.9 Å². The smallest absolute Gasteiger partial charge is 0.463 e. The number of esters is 3. The number of phosphoric acid groups is 2. The Kier molecular flexibility index (Phi) is 64.1. The molecule has 0 aliphatic carbocycles. The highest BCUT2D eigenvalue weighted by molar-refractivity contribution is 7.47. The third-order valence-corrected chi connectivity index (χ3v) is 15.9. The summed E-state index contributed by atoms with van der Waals surface area (Å²) in [7, 11) is -9.80. The Morgan fingerprint density at radius 2 is 0.570 bits per heavy atom. The summed E-state index contributed by atoms with van der Waals surface area (Å²) in [6, 6.07) is 0. The minimum Gasteiger partial charge on any atom is -0.463 e. The molecule has 4 N–H and O–H groups in total. The lowest BCUT2D eigenvalue weighted by atomic mass is 10.1. The average molecular weight is 1340 g/mol. The van der Waals surface area contributed by atoms with Gasteiger partial charge >= 0.3 is 33.6 Å². The fraction of sp³-hybridized carbons (Fsp3) is 0.640. The van der Waals surface area contributed by atoms with Gasteiger partial charge in [-0.2, -0.15) is 0 Å². The van der Waals surface area contributed by atoms with Gasteiger partial charge in [-0.1, -0.05) is 244 Å². The molecule has 93 heavy (non-hydrogen) atoms. The predicted molar refractivity (Wildman–Crippen MR) is 380 cm³/mol. The molecule has 16 nitrogen and oxygen atoms in total. The predicted octanol–water partition coefficient (Wildman–Crippen LogP) is 19.8. The second-order valence-electron chi connectivity index (χ2n) is 22.9. The minimum atomic E-state index is -4.94. The molecule has 0 saturated carbocycles. The zero-order valence-electron chi connectivity index (χ0n) is 57.4. The first kappa shape index (κ1) is 88.4. The van der Waals surface area contributed by atoms with Crippen molar-refractivity contribution in [3.63, 3.8) is 0 Å². The standard InChI is InChI=1S/C75H124O16P2/c1-4-7-10-13-16-19-22-24-26-28-30-31-32-33-34-35-36-37-39-41-42-44-47-49-52-55-58-61-73(78)85-64-70(76)65-87-92(81,82)88-66-71(77)67-89-93(83,84)90-69-72(91-75(80)63-60-57-54-51-46-21-18-15-12-9-6-3)68-86-74(79)62-59-56-53-50-48-45-43-40-38-29-27-25-23-20-17-14-11-8-5-2/h7-8,10-11,15-20,24-27,30-31,33-34,36-38,40,45,48,70-72,76-77H,4-6,9,12-14,21-23,28-29,32,35,39,41-44,46-47,49-69H2,1-3H3,(H,81,82)(H,83,84)/b10-7-,11-8-,18-15-,19-16-,20-17-,26-24-,27-25-,31-30-,34-33-,37-36-,40-38-,48-45-. The van der Waals surface area contributed by atoms with Gasteiger partial charge in [-0.15, -0.1) is 0 Å². The van der Waals surface area contributed by atoms with E-state index in [1.54, 1.807) is 0 Å². The molecule has 5 unspecified atom stereocenters. The van der Waals surface area contributed by atoms with Crippen molar-refractivity contribution in [2.75, 3.05) is 39.6 Å². The maximum absolute atomic E-state index is 12.9. The van der Waals surface area contributed by atoms with Crippen LogP contribution < -0.4 is 0 Å². The van der Waals surface area contributed by atoms with E-state index < -0.39 is 91.5 Å². The number of ether oxygens (including phenoxy) is 3. The van der Waals surface area contributed by atoms with Crippen LogP contribution in [0.15, 0.2) is 146 Å². The number of phosphoric ester groups is 2. The molecule has 0 aliphatic heterocycles. The highest BCUT2D eigenvalue weighted by Gasteiger charge is 2.29. The molecular formula is C75H124O16P2. The molecule has 0 fully saturated rings. The Labute approximate surface area is 562 Å². The monoisotopic (exact) mass is 1340 g/mol. The van der Waals surface area contributed by atoms with Crippen molar-refractivity contribution in [2.24, 2.45) is 0 Å². The molecular weight excluding hydrogens is 1220 g/mol. The van der Waals surface area contributed by atoms with Gasteiger partial charge in [0.15, 0.2) is 6.10 Å². The molecule has 0 aromatic rings. The van der Waals surface area contributed by atoms with Crippen LogP contribution in [0.4, 0.5) is 0 Å². The summed E-state index contributed by atoms with van der Waals surface area (Å²) in [6.07, 6.45) is 80.6. The molecule has 18 heteroatoms. The molecule has 0 aliphatic rings. The SMILES string of the molecule is CC/C=C\C/C=C\C/C=C\C/C=C\C/C=C\C/C=C\CCCCCCCCCCC(=O)OCC(O)COP(=O)(O)OCC(O)COP(=O)(O)OCC(COC(=O)CCCCC/C=C\C/C=C\C/C=C\C/C=C\C/C=C\CC)OC(=O)CCCCCCC/C=C\CCCC. The first-order valence-electron chi connectivity index (χ1n) is 35.1. The number of aliphatic hydroxyl groups excluding tert-OH is 2. The molecule has 5 atom stereocenters. The van der Waals surface area contributed by atoms with E-state index >= 15 is 0 Å². The number of unbranched alkanes of at least 4 members (excludes halogenated alkanes) is 18. The van der Waals surface area contributed by atoms with Crippen LogP contribution in [-0.2, 0) is 55.8 Å². The van der Waals surface area contributed by atoms with Crippen molar-refractivity contribution >= 4 is 33.6 Å². The normalized spacial score (nSPS) is 15.0. The fourth-order valence-electron chi connectivity index (χ4n) is 8.70. The van der Waals surface area contributed by atoms with Crippen LogP contribution in [0.2, 0.25) is 0 Å². The third kappa shape index (κ3) is 68.6. The summed E-state index contributed by atoms with van der Waals surface area (Å²) in [5.74, 6) is -1.64. The van der Waals surface area contributed by atoms with Gasteiger partial charge in [0, 0.05) is 19.3 Å². The number of hydrogen-bond donors (Lipinski definition) is 4. The van der Waals surface area contributed by atoms with Gasteiger partial charge in [-0.05, 0) is 135 Å². The van der Waals surface area contributed by atoms with E-state index in [1.165, 1.54) is 32.1 Å². The maximum Gasteiger partial charge on any atom is 0.472 e. The maximum atomic E-state index is 12.9. The summed E-state index contributed by atoms with van der Waals surface area (Å²) < 4.78 is 60.8. The first-order valence-corrected chi connectivity index (χ1v) is 38.1. The summed E-state index contributed by atoms with van der Waals surface area (Å²) in [5.41, 5.74) is 0. The lowest BCUT2D eigenvalue weighted by molar-refractivity contribution is -0.161. The molecule has 0 bridgehead atoms. The largest absolute Gasteiger partial charge is 0.472 e.